The van der Waals surface area contributed by atoms with Gasteiger partial charge in [-0.1, -0.05) is 13.8 Å². The first-order valence-electron chi connectivity index (χ1n) is 7.68. The largest absolute Gasteiger partial charge is 0.350 e. The molecule has 2 heterocycles. The van der Waals surface area contributed by atoms with Crippen LogP contribution in [0.5, 0.6) is 0 Å². The lowest BCUT2D eigenvalue weighted by Gasteiger charge is -2.39. The fourth-order valence-corrected chi connectivity index (χ4v) is 2.74. The number of hydrogen-bond donors (Lipinski definition) is 1. The maximum Gasteiger partial charge on any atom is 0.252 e. The highest BCUT2D eigenvalue weighted by atomic mass is 16.1. The van der Waals surface area contributed by atoms with Gasteiger partial charge in [-0.2, -0.15) is 0 Å². The second-order valence-electron chi connectivity index (χ2n) is 6.10. The summed E-state index contributed by atoms with van der Waals surface area (Å²) in [6.45, 7) is 9.47. The highest BCUT2D eigenvalue weighted by Crippen LogP contribution is 2.13. The molecule has 1 saturated heterocycles. The molecule has 0 radical (unpaired) electrons. The molecule has 1 aromatic heterocycles. The van der Waals surface area contributed by atoms with E-state index in [9.17, 15) is 4.79 Å². The maximum atomic E-state index is 12.1. The third kappa shape index (κ3) is 4.51. The minimum absolute atomic E-state index is 0.0390. The van der Waals surface area contributed by atoms with E-state index in [1.165, 1.54) is 0 Å². The Labute approximate surface area is 127 Å². The highest BCUT2D eigenvalue weighted by Gasteiger charge is 2.25. The molecule has 1 unspecified atom stereocenters. The van der Waals surface area contributed by atoms with Crippen LogP contribution < -0.4 is 5.32 Å². The fourth-order valence-electron chi connectivity index (χ4n) is 2.74. The zero-order valence-electron chi connectivity index (χ0n) is 13.2. The molecule has 2 rings (SSSR count). The van der Waals surface area contributed by atoms with Gasteiger partial charge < -0.3 is 10.2 Å². The maximum absolute atomic E-state index is 12.1. The van der Waals surface area contributed by atoms with Crippen LogP contribution in [-0.4, -0.2) is 66.5 Å². The third-order valence-corrected chi connectivity index (χ3v) is 4.17. The van der Waals surface area contributed by atoms with Crippen molar-refractivity contribution in [3.8, 4) is 0 Å². The third-order valence-electron chi connectivity index (χ3n) is 4.17. The number of carbonyl (C=O) groups is 1. The van der Waals surface area contributed by atoms with E-state index in [0.29, 0.717) is 24.1 Å². The predicted molar refractivity (Wildman–Crippen MR) is 84.3 cm³/mol. The van der Waals surface area contributed by atoms with Gasteiger partial charge in [0.1, 0.15) is 0 Å². The number of amides is 1. The monoisotopic (exact) mass is 290 g/mol. The van der Waals surface area contributed by atoms with Gasteiger partial charge in [-0.3, -0.25) is 14.7 Å². The zero-order valence-corrected chi connectivity index (χ0v) is 13.2. The van der Waals surface area contributed by atoms with E-state index in [1.54, 1.807) is 24.5 Å². The molecule has 0 bridgehead atoms. The van der Waals surface area contributed by atoms with Crippen LogP contribution in [0.4, 0.5) is 0 Å². The molecule has 0 spiro atoms. The number of pyridine rings is 1. The normalized spacial score (nSPS) is 18.7. The van der Waals surface area contributed by atoms with E-state index in [-0.39, 0.29) is 5.91 Å². The number of rotatable bonds is 5. The molecule has 0 aromatic carbocycles. The average Bonchev–Trinajstić information content (AvgIpc) is 2.49. The van der Waals surface area contributed by atoms with Crippen LogP contribution in [0, 0.1) is 5.92 Å². The molecule has 1 aliphatic heterocycles. The number of carbonyl (C=O) groups excluding carboxylic acids is 1. The van der Waals surface area contributed by atoms with E-state index in [4.69, 9.17) is 0 Å². The lowest BCUT2D eigenvalue weighted by Crippen LogP contribution is -2.54. The number of likely N-dealkylation sites (N-methyl/N-ethyl adjacent to an activating group) is 1. The van der Waals surface area contributed by atoms with Gasteiger partial charge in [0.2, 0.25) is 0 Å². The van der Waals surface area contributed by atoms with Crippen molar-refractivity contribution in [2.24, 2.45) is 5.92 Å². The van der Waals surface area contributed by atoms with Crippen LogP contribution in [0.25, 0.3) is 0 Å². The van der Waals surface area contributed by atoms with Crippen LogP contribution >= 0.6 is 0 Å². The van der Waals surface area contributed by atoms with E-state index >= 15 is 0 Å². The standard InChI is InChI=1S/C16H26N4O/c1-13(2)15(20-9-7-19(3)8-10-20)12-18-16(21)14-5-4-6-17-11-14/h4-6,11,13,15H,7-10,12H2,1-3H3,(H,18,21). The second kappa shape index (κ2) is 7.52. The molecule has 1 fully saturated rings. The molecule has 5 nitrogen and oxygen atoms in total. The summed E-state index contributed by atoms with van der Waals surface area (Å²) in [4.78, 5) is 21.0. The summed E-state index contributed by atoms with van der Waals surface area (Å²) >= 11 is 0. The molecule has 1 aliphatic rings. The first-order valence-corrected chi connectivity index (χ1v) is 7.68. The first-order chi connectivity index (χ1) is 10.1. The molecule has 1 aromatic rings. The van der Waals surface area contributed by atoms with E-state index < -0.39 is 0 Å². The van der Waals surface area contributed by atoms with Gasteiger partial charge in [0, 0.05) is 51.2 Å². The summed E-state index contributed by atoms with van der Waals surface area (Å²) in [5, 5.41) is 3.05. The smallest absolute Gasteiger partial charge is 0.252 e. The van der Waals surface area contributed by atoms with Crippen molar-refractivity contribution >= 4 is 5.91 Å². The van der Waals surface area contributed by atoms with Gasteiger partial charge in [0.25, 0.3) is 5.91 Å². The summed E-state index contributed by atoms with van der Waals surface area (Å²) in [6, 6.07) is 3.97. The van der Waals surface area contributed by atoms with Crippen molar-refractivity contribution in [2.75, 3.05) is 39.8 Å². The van der Waals surface area contributed by atoms with E-state index in [2.05, 4.69) is 41.0 Å². The SMILES string of the molecule is CC(C)C(CNC(=O)c1cccnc1)N1CCN(C)CC1. The van der Waals surface area contributed by atoms with Crippen LogP contribution in [0.3, 0.4) is 0 Å². The summed E-state index contributed by atoms with van der Waals surface area (Å²) in [5.41, 5.74) is 0.624. The van der Waals surface area contributed by atoms with Crippen molar-refractivity contribution in [1.29, 1.82) is 0 Å². The zero-order chi connectivity index (χ0) is 15.2. The molecule has 116 valence electrons. The topological polar surface area (TPSA) is 48.5 Å². The van der Waals surface area contributed by atoms with Crippen LogP contribution in [-0.2, 0) is 0 Å². The van der Waals surface area contributed by atoms with Crippen molar-refractivity contribution < 1.29 is 4.79 Å². The molecule has 5 heteroatoms. The molecule has 0 saturated carbocycles. The molecule has 1 atom stereocenters. The number of hydrogen-bond acceptors (Lipinski definition) is 4. The van der Waals surface area contributed by atoms with Crippen LogP contribution in [0.1, 0.15) is 24.2 Å². The summed E-state index contributed by atoms with van der Waals surface area (Å²) in [6.07, 6.45) is 3.29. The van der Waals surface area contributed by atoms with Gasteiger partial charge in [0.15, 0.2) is 0 Å². The van der Waals surface area contributed by atoms with Gasteiger partial charge in [0.05, 0.1) is 5.56 Å². The minimum Gasteiger partial charge on any atom is -0.350 e. The number of piperazine rings is 1. The fraction of sp³-hybridized carbons (Fsp3) is 0.625. The van der Waals surface area contributed by atoms with Gasteiger partial charge in [-0.05, 0) is 25.1 Å². The van der Waals surface area contributed by atoms with Crippen molar-refractivity contribution in [3.05, 3.63) is 30.1 Å². The summed E-state index contributed by atoms with van der Waals surface area (Å²) in [5.74, 6) is 0.477. The Kier molecular flexibility index (Phi) is 5.70. The Balaban J connectivity index is 1.90. The van der Waals surface area contributed by atoms with Gasteiger partial charge in [-0.15, -0.1) is 0 Å². The lowest BCUT2D eigenvalue weighted by molar-refractivity contribution is 0.0791. The first kappa shape index (κ1) is 15.9. The Hall–Kier alpha value is -1.46. The quantitative estimate of drug-likeness (QED) is 0.882. The van der Waals surface area contributed by atoms with Gasteiger partial charge >= 0.3 is 0 Å². The van der Waals surface area contributed by atoms with Crippen LogP contribution in [0.2, 0.25) is 0 Å². The Morgan fingerprint density at radius 1 is 1.33 bits per heavy atom. The molecular weight excluding hydrogens is 264 g/mol. The predicted octanol–water partition coefficient (Wildman–Crippen LogP) is 1.08. The number of aromatic nitrogens is 1. The van der Waals surface area contributed by atoms with Crippen molar-refractivity contribution in [1.82, 2.24) is 20.1 Å². The average molecular weight is 290 g/mol. The van der Waals surface area contributed by atoms with Crippen molar-refractivity contribution in [2.45, 2.75) is 19.9 Å². The van der Waals surface area contributed by atoms with E-state index in [0.717, 1.165) is 26.2 Å². The minimum atomic E-state index is -0.0390. The molecule has 21 heavy (non-hydrogen) atoms. The van der Waals surface area contributed by atoms with E-state index in [1.807, 2.05) is 0 Å². The second-order valence-corrected chi connectivity index (χ2v) is 6.10. The molecule has 1 N–H and O–H groups in total. The molecular formula is C16H26N4O. The molecule has 1 amide bonds. The highest BCUT2D eigenvalue weighted by molar-refractivity contribution is 5.93. The Bertz CT molecular complexity index is 441. The Morgan fingerprint density at radius 2 is 2.05 bits per heavy atom. The Morgan fingerprint density at radius 3 is 2.62 bits per heavy atom. The number of nitrogens with zero attached hydrogens (tertiary/aromatic N) is 3. The lowest BCUT2D eigenvalue weighted by atomic mass is 10.0. The summed E-state index contributed by atoms with van der Waals surface area (Å²) < 4.78 is 0. The van der Waals surface area contributed by atoms with Gasteiger partial charge in [-0.25, -0.2) is 0 Å². The number of nitrogens with one attached hydrogen (secondary N) is 1. The molecule has 0 aliphatic carbocycles. The van der Waals surface area contributed by atoms with Crippen LogP contribution in [0.15, 0.2) is 24.5 Å². The summed E-state index contributed by atoms with van der Waals surface area (Å²) in [7, 11) is 2.16. The van der Waals surface area contributed by atoms with Crippen molar-refractivity contribution in [3.63, 3.8) is 0 Å².